The van der Waals surface area contributed by atoms with Gasteiger partial charge in [0.25, 0.3) is 0 Å². The largest absolute Gasteiger partial charge is 0.301 e. The molecule has 4 rings (SSSR count). The van der Waals surface area contributed by atoms with E-state index in [4.69, 9.17) is 0 Å². The van der Waals surface area contributed by atoms with Crippen molar-refractivity contribution in [2.75, 3.05) is 11.1 Å². The second-order valence-electron chi connectivity index (χ2n) is 7.93. The van der Waals surface area contributed by atoms with Crippen LogP contribution >= 0.6 is 23.1 Å². The van der Waals surface area contributed by atoms with E-state index in [9.17, 15) is 4.79 Å². The predicted octanol–water partition coefficient (Wildman–Crippen LogP) is 5.13. The number of nitrogens with one attached hydrogen (secondary N) is 1. The third-order valence-corrected chi connectivity index (χ3v) is 7.02. The van der Waals surface area contributed by atoms with Gasteiger partial charge in [-0.1, -0.05) is 68.9 Å². The molecule has 0 spiro atoms. The summed E-state index contributed by atoms with van der Waals surface area (Å²) >= 11 is 2.79. The molecule has 2 aromatic heterocycles. The number of carbonyl (C=O) groups is 1. The Labute approximate surface area is 201 Å². The molecule has 0 unspecified atom stereocenters. The Balaban J connectivity index is 1.31. The summed E-state index contributed by atoms with van der Waals surface area (Å²) in [5, 5.41) is 15.9. The van der Waals surface area contributed by atoms with E-state index < -0.39 is 0 Å². The third kappa shape index (κ3) is 6.06. The Morgan fingerprint density at radius 1 is 1.09 bits per heavy atom. The van der Waals surface area contributed by atoms with E-state index in [-0.39, 0.29) is 11.7 Å². The van der Waals surface area contributed by atoms with E-state index in [1.807, 2.05) is 18.3 Å². The lowest BCUT2D eigenvalue weighted by Gasteiger charge is -2.06. The molecule has 33 heavy (non-hydrogen) atoms. The van der Waals surface area contributed by atoms with Crippen molar-refractivity contribution in [3.8, 4) is 5.69 Å². The highest BCUT2D eigenvalue weighted by molar-refractivity contribution is 7.99. The second kappa shape index (κ2) is 10.7. The Morgan fingerprint density at radius 2 is 1.82 bits per heavy atom. The van der Waals surface area contributed by atoms with E-state index in [2.05, 4.69) is 83.0 Å². The highest BCUT2D eigenvalue weighted by Crippen LogP contribution is 2.24. The van der Waals surface area contributed by atoms with Crippen molar-refractivity contribution in [1.82, 2.24) is 25.2 Å². The number of anilines is 1. The first-order valence-corrected chi connectivity index (χ1v) is 12.7. The third-order valence-electron chi connectivity index (χ3n) is 5.19. The van der Waals surface area contributed by atoms with Gasteiger partial charge in [-0.05, 0) is 51.6 Å². The maximum absolute atomic E-state index is 12.5. The van der Waals surface area contributed by atoms with Crippen molar-refractivity contribution in [1.29, 1.82) is 0 Å². The van der Waals surface area contributed by atoms with Gasteiger partial charge in [-0.15, -0.1) is 16.4 Å². The molecule has 0 saturated carbocycles. The van der Waals surface area contributed by atoms with Gasteiger partial charge in [-0.3, -0.25) is 4.79 Å². The first-order chi connectivity index (χ1) is 16.0. The van der Waals surface area contributed by atoms with Crippen LogP contribution in [-0.2, 0) is 17.6 Å². The molecule has 2 heterocycles. The van der Waals surface area contributed by atoms with Gasteiger partial charge >= 0.3 is 0 Å². The summed E-state index contributed by atoms with van der Waals surface area (Å²) in [5.74, 6) is 0.574. The summed E-state index contributed by atoms with van der Waals surface area (Å²) in [7, 11) is 0. The molecular weight excluding hydrogens is 452 g/mol. The summed E-state index contributed by atoms with van der Waals surface area (Å²) in [6.45, 7) is 6.49. The van der Waals surface area contributed by atoms with Crippen LogP contribution in [0.25, 0.3) is 5.69 Å². The van der Waals surface area contributed by atoms with Crippen LogP contribution in [0.2, 0.25) is 0 Å². The summed E-state index contributed by atoms with van der Waals surface area (Å²) in [5.41, 5.74) is 4.68. The van der Waals surface area contributed by atoms with Crippen LogP contribution in [0.3, 0.4) is 0 Å². The number of nitrogens with zero attached hydrogens (tertiary/aromatic N) is 5. The molecule has 0 radical (unpaired) electrons. The van der Waals surface area contributed by atoms with E-state index in [0.29, 0.717) is 16.2 Å². The second-order valence-corrected chi connectivity index (χ2v) is 9.99. The number of thioether (sulfide) groups is 1. The fourth-order valence-corrected chi connectivity index (χ4v) is 4.81. The van der Waals surface area contributed by atoms with Crippen LogP contribution < -0.4 is 5.32 Å². The van der Waals surface area contributed by atoms with Crippen molar-refractivity contribution < 1.29 is 4.79 Å². The molecule has 0 saturated heterocycles. The Morgan fingerprint density at radius 3 is 2.52 bits per heavy atom. The topological polar surface area (TPSA) is 85.6 Å². The van der Waals surface area contributed by atoms with Gasteiger partial charge in [0.2, 0.25) is 11.1 Å². The Bertz CT molecular complexity index is 1200. The van der Waals surface area contributed by atoms with Gasteiger partial charge in [0, 0.05) is 17.5 Å². The molecule has 9 heteroatoms. The number of hydrogen-bond donors (Lipinski definition) is 1. The molecule has 7 nitrogen and oxygen atoms in total. The average molecular weight is 479 g/mol. The molecule has 2 aromatic carbocycles. The van der Waals surface area contributed by atoms with Crippen molar-refractivity contribution in [2.24, 2.45) is 0 Å². The molecule has 1 amide bonds. The molecule has 0 bridgehead atoms. The SMILES string of the molecule is CCc1ccc(-n2nnnc2SCC(=O)Nc2ncc(Cc3ccc(C(C)C)cc3)s2)cc1. The molecule has 0 fully saturated rings. The highest BCUT2D eigenvalue weighted by Gasteiger charge is 2.13. The van der Waals surface area contributed by atoms with Gasteiger partial charge in [-0.25, -0.2) is 4.98 Å². The maximum Gasteiger partial charge on any atom is 0.236 e. The predicted molar refractivity (Wildman–Crippen MR) is 133 cm³/mol. The van der Waals surface area contributed by atoms with Crippen LogP contribution in [0.1, 0.15) is 48.3 Å². The molecule has 4 aromatic rings. The lowest BCUT2D eigenvalue weighted by Crippen LogP contribution is -2.14. The fourth-order valence-electron chi connectivity index (χ4n) is 3.26. The molecular formula is C24H26N6OS2. The van der Waals surface area contributed by atoms with Crippen molar-refractivity contribution >= 4 is 34.1 Å². The summed E-state index contributed by atoms with van der Waals surface area (Å²) < 4.78 is 1.64. The zero-order chi connectivity index (χ0) is 23.2. The number of carbonyl (C=O) groups excluding carboxylic acids is 1. The van der Waals surface area contributed by atoms with Crippen molar-refractivity contribution in [3.05, 3.63) is 76.3 Å². The lowest BCUT2D eigenvalue weighted by molar-refractivity contribution is -0.113. The minimum Gasteiger partial charge on any atom is -0.301 e. The molecule has 0 atom stereocenters. The Hall–Kier alpha value is -3.04. The van der Waals surface area contributed by atoms with Gasteiger partial charge < -0.3 is 5.32 Å². The molecule has 1 N–H and O–H groups in total. The number of amides is 1. The number of aryl methyl sites for hydroxylation is 1. The van der Waals surface area contributed by atoms with E-state index >= 15 is 0 Å². The standard InChI is InChI=1S/C24H26N6OS2/c1-4-17-7-11-20(12-8-17)30-24(27-28-29-30)32-15-22(31)26-23-25-14-21(33-23)13-18-5-9-19(10-6-18)16(2)3/h5-12,14,16H,4,13,15H2,1-3H3,(H,25,26,31). The fraction of sp³-hybridized carbons (Fsp3) is 0.292. The number of tetrazole rings is 1. The van der Waals surface area contributed by atoms with Gasteiger partial charge in [0.15, 0.2) is 5.13 Å². The molecule has 0 aliphatic carbocycles. The summed E-state index contributed by atoms with van der Waals surface area (Å²) in [6, 6.07) is 16.7. The van der Waals surface area contributed by atoms with Gasteiger partial charge in [0.1, 0.15) is 0 Å². The Kier molecular flexibility index (Phi) is 7.51. The van der Waals surface area contributed by atoms with Crippen LogP contribution in [0.5, 0.6) is 0 Å². The van der Waals surface area contributed by atoms with Crippen LogP contribution in [0, 0.1) is 0 Å². The van der Waals surface area contributed by atoms with Gasteiger partial charge in [0.05, 0.1) is 11.4 Å². The quantitative estimate of drug-likeness (QED) is 0.336. The maximum atomic E-state index is 12.5. The molecule has 0 aliphatic rings. The lowest BCUT2D eigenvalue weighted by atomic mass is 10.0. The minimum absolute atomic E-state index is 0.141. The average Bonchev–Trinajstić information content (AvgIpc) is 3.47. The number of aromatic nitrogens is 5. The first-order valence-electron chi connectivity index (χ1n) is 10.9. The van der Waals surface area contributed by atoms with Crippen molar-refractivity contribution in [3.63, 3.8) is 0 Å². The number of rotatable bonds is 9. The van der Waals surface area contributed by atoms with Crippen LogP contribution in [0.15, 0.2) is 59.9 Å². The minimum atomic E-state index is -0.141. The summed E-state index contributed by atoms with van der Waals surface area (Å²) in [4.78, 5) is 17.9. The van der Waals surface area contributed by atoms with E-state index in [0.717, 1.165) is 23.4 Å². The number of hydrogen-bond acceptors (Lipinski definition) is 7. The number of benzene rings is 2. The van der Waals surface area contributed by atoms with Crippen LogP contribution in [0.4, 0.5) is 5.13 Å². The highest BCUT2D eigenvalue weighted by atomic mass is 32.2. The van der Waals surface area contributed by atoms with Gasteiger partial charge in [-0.2, -0.15) is 4.68 Å². The first kappa shape index (κ1) is 23.1. The number of thiazole rings is 1. The van der Waals surface area contributed by atoms with Crippen LogP contribution in [-0.4, -0.2) is 36.9 Å². The summed E-state index contributed by atoms with van der Waals surface area (Å²) in [6.07, 6.45) is 3.59. The van der Waals surface area contributed by atoms with E-state index in [1.54, 1.807) is 4.68 Å². The smallest absolute Gasteiger partial charge is 0.236 e. The monoisotopic (exact) mass is 478 g/mol. The zero-order valence-electron chi connectivity index (χ0n) is 18.9. The normalized spacial score (nSPS) is 11.2. The molecule has 170 valence electrons. The zero-order valence-corrected chi connectivity index (χ0v) is 20.5. The van der Waals surface area contributed by atoms with Crippen molar-refractivity contribution in [2.45, 2.75) is 44.7 Å². The van der Waals surface area contributed by atoms with E-state index in [1.165, 1.54) is 39.8 Å². The molecule has 0 aliphatic heterocycles.